The number of amides is 4. The zero-order valence-corrected chi connectivity index (χ0v) is 26.8. The van der Waals surface area contributed by atoms with Gasteiger partial charge in [-0.3, -0.25) is 9.59 Å². The van der Waals surface area contributed by atoms with E-state index in [1.54, 1.807) is 11.8 Å². The van der Waals surface area contributed by atoms with E-state index >= 15 is 0 Å². The highest BCUT2D eigenvalue weighted by atomic mass is 16.6. The van der Waals surface area contributed by atoms with Gasteiger partial charge >= 0.3 is 12.2 Å². The van der Waals surface area contributed by atoms with E-state index in [-0.39, 0.29) is 30.6 Å². The molecule has 0 bridgehead atoms. The zero-order valence-electron chi connectivity index (χ0n) is 26.8. The Hall–Kier alpha value is -4.12. The summed E-state index contributed by atoms with van der Waals surface area (Å²) in [6.45, 7) is 5.92. The lowest BCUT2D eigenvalue weighted by molar-refractivity contribution is -0.166. The summed E-state index contributed by atoms with van der Waals surface area (Å²) in [5.74, 6) is -0.165. The molecule has 3 aliphatic rings. The molecule has 0 unspecified atom stereocenters. The van der Waals surface area contributed by atoms with E-state index in [2.05, 4.69) is 27.7 Å². The second kappa shape index (κ2) is 15.9. The third-order valence-corrected chi connectivity index (χ3v) is 9.47. The highest BCUT2D eigenvalue weighted by Gasteiger charge is 2.55. The van der Waals surface area contributed by atoms with Gasteiger partial charge in [0.1, 0.15) is 18.2 Å². The van der Waals surface area contributed by atoms with Crippen molar-refractivity contribution in [1.82, 2.24) is 25.3 Å². The van der Waals surface area contributed by atoms with E-state index in [9.17, 15) is 19.2 Å². The number of piperidine rings is 2. The van der Waals surface area contributed by atoms with Crippen molar-refractivity contribution in [3.05, 3.63) is 71.8 Å². The maximum atomic E-state index is 14.2. The molecular weight excluding hydrogens is 586 g/mol. The first-order valence-electron chi connectivity index (χ1n) is 16.7. The minimum absolute atomic E-state index is 0.0708. The Morgan fingerprint density at radius 1 is 0.913 bits per heavy atom. The van der Waals surface area contributed by atoms with Crippen LogP contribution in [0.4, 0.5) is 9.59 Å². The van der Waals surface area contributed by atoms with Crippen molar-refractivity contribution in [3.63, 3.8) is 0 Å². The predicted octanol–water partition coefficient (Wildman–Crippen LogP) is 3.72. The van der Waals surface area contributed by atoms with Crippen LogP contribution in [0.25, 0.3) is 0 Å². The number of carbonyl (C=O) groups excluding carboxylic acids is 4. The minimum Gasteiger partial charge on any atom is -0.450 e. The molecule has 3 heterocycles. The lowest BCUT2D eigenvalue weighted by Gasteiger charge is -2.55. The molecule has 3 aliphatic heterocycles. The van der Waals surface area contributed by atoms with Crippen molar-refractivity contribution < 1.29 is 28.7 Å². The summed E-state index contributed by atoms with van der Waals surface area (Å²) in [7, 11) is 0. The van der Waals surface area contributed by atoms with Gasteiger partial charge in [0.05, 0.1) is 6.61 Å². The summed E-state index contributed by atoms with van der Waals surface area (Å²) in [4.78, 5) is 58.7. The van der Waals surface area contributed by atoms with Crippen LogP contribution in [0.1, 0.15) is 56.6 Å². The number of alkyl carbamates (subject to hydrolysis) is 1. The number of benzene rings is 2. The second-order valence-electron chi connectivity index (χ2n) is 12.4. The van der Waals surface area contributed by atoms with Gasteiger partial charge in [-0.15, -0.1) is 0 Å². The number of ether oxygens (including phenoxy) is 2. The first-order chi connectivity index (χ1) is 22.4. The van der Waals surface area contributed by atoms with E-state index < -0.39 is 17.7 Å². The average molecular weight is 634 g/mol. The van der Waals surface area contributed by atoms with E-state index in [0.717, 1.165) is 31.6 Å². The Kier molecular flexibility index (Phi) is 11.5. The van der Waals surface area contributed by atoms with Crippen LogP contribution in [0.15, 0.2) is 60.7 Å². The molecule has 2 aromatic rings. The van der Waals surface area contributed by atoms with Crippen LogP contribution in [-0.4, -0.2) is 102 Å². The SMILES string of the molecule is CCOC(=O)N1CCC(N2C(=O)[C@H](CCCNC(=O)OCc3ccccc3)NC(=O)C23CCN(CCc2ccccc2)CC3)CC1. The molecule has 46 heavy (non-hydrogen) atoms. The van der Waals surface area contributed by atoms with Crippen LogP contribution >= 0.6 is 0 Å². The largest absolute Gasteiger partial charge is 0.450 e. The molecule has 0 aromatic heterocycles. The van der Waals surface area contributed by atoms with Crippen LogP contribution in [0, 0.1) is 0 Å². The van der Waals surface area contributed by atoms with Gasteiger partial charge in [0.25, 0.3) is 0 Å². The Labute approximate surface area is 271 Å². The van der Waals surface area contributed by atoms with Crippen molar-refractivity contribution in [1.29, 1.82) is 0 Å². The molecule has 0 saturated carbocycles. The molecule has 1 spiro atoms. The molecule has 248 valence electrons. The Balaban J connectivity index is 1.19. The molecular formula is C35H47N5O6. The van der Waals surface area contributed by atoms with E-state index in [1.165, 1.54) is 5.56 Å². The van der Waals surface area contributed by atoms with Gasteiger partial charge in [0.2, 0.25) is 11.8 Å². The molecule has 4 amide bonds. The zero-order chi connectivity index (χ0) is 32.4. The molecule has 3 fully saturated rings. The number of piperazine rings is 1. The van der Waals surface area contributed by atoms with E-state index in [1.807, 2.05) is 53.4 Å². The third kappa shape index (κ3) is 8.17. The van der Waals surface area contributed by atoms with Crippen LogP contribution < -0.4 is 10.6 Å². The monoisotopic (exact) mass is 633 g/mol. The molecule has 0 aliphatic carbocycles. The standard InChI is InChI=1S/C35H47N5O6/c1-2-45-34(44)39-22-16-29(17-23-39)40-31(41)30(14-9-20-36-33(43)46-26-28-12-7-4-8-13-28)37-32(42)35(40)18-24-38(25-19-35)21-15-27-10-5-3-6-11-27/h3-8,10-13,29-30H,2,9,14-26H2,1H3,(H,36,43)(H,37,42)/t30-/m0/s1. The van der Waals surface area contributed by atoms with E-state index in [0.29, 0.717) is 64.8 Å². The summed E-state index contributed by atoms with van der Waals surface area (Å²) in [5.41, 5.74) is 1.27. The third-order valence-electron chi connectivity index (χ3n) is 9.47. The smallest absolute Gasteiger partial charge is 0.409 e. The van der Waals surface area contributed by atoms with Crippen LogP contribution in [-0.2, 0) is 32.1 Å². The number of carbonyl (C=O) groups is 4. The molecule has 11 heteroatoms. The lowest BCUT2D eigenvalue weighted by Crippen LogP contribution is -2.75. The quantitative estimate of drug-likeness (QED) is 0.362. The van der Waals surface area contributed by atoms with Gasteiger partial charge in [-0.25, -0.2) is 9.59 Å². The Bertz CT molecular complexity index is 1310. The van der Waals surface area contributed by atoms with Crippen LogP contribution in [0.2, 0.25) is 0 Å². The minimum atomic E-state index is -0.910. The van der Waals surface area contributed by atoms with Crippen molar-refractivity contribution in [3.8, 4) is 0 Å². The van der Waals surface area contributed by atoms with Gasteiger partial charge < -0.3 is 34.8 Å². The van der Waals surface area contributed by atoms with Gasteiger partial charge in [0, 0.05) is 45.3 Å². The number of nitrogens with one attached hydrogen (secondary N) is 2. The summed E-state index contributed by atoms with van der Waals surface area (Å²) < 4.78 is 10.5. The number of hydrogen-bond acceptors (Lipinski definition) is 7. The molecule has 0 radical (unpaired) electrons. The van der Waals surface area contributed by atoms with Gasteiger partial charge in [-0.2, -0.15) is 0 Å². The Morgan fingerprint density at radius 3 is 2.22 bits per heavy atom. The van der Waals surface area contributed by atoms with Crippen molar-refractivity contribution in [2.75, 3.05) is 45.9 Å². The maximum Gasteiger partial charge on any atom is 0.409 e. The topological polar surface area (TPSA) is 121 Å². The first kappa shape index (κ1) is 33.2. The molecule has 2 aromatic carbocycles. The summed E-state index contributed by atoms with van der Waals surface area (Å²) in [6.07, 6.45) is 3.32. The van der Waals surface area contributed by atoms with Gasteiger partial charge in [-0.05, 0) is 63.0 Å². The fraction of sp³-hybridized carbons (Fsp3) is 0.543. The van der Waals surface area contributed by atoms with Crippen molar-refractivity contribution in [2.24, 2.45) is 0 Å². The highest BCUT2D eigenvalue weighted by Crippen LogP contribution is 2.37. The number of likely N-dealkylation sites (tertiary alicyclic amines) is 2. The van der Waals surface area contributed by atoms with Gasteiger partial charge in [0.15, 0.2) is 0 Å². The molecule has 5 rings (SSSR count). The van der Waals surface area contributed by atoms with Crippen LogP contribution in [0.3, 0.4) is 0 Å². The fourth-order valence-corrected chi connectivity index (χ4v) is 6.91. The average Bonchev–Trinajstić information content (AvgIpc) is 3.09. The molecule has 11 nitrogen and oxygen atoms in total. The number of hydrogen-bond donors (Lipinski definition) is 2. The first-order valence-corrected chi connectivity index (χ1v) is 16.7. The Morgan fingerprint density at radius 2 is 1.57 bits per heavy atom. The summed E-state index contributed by atoms with van der Waals surface area (Å²) in [6, 6.07) is 19.0. The summed E-state index contributed by atoms with van der Waals surface area (Å²) >= 11 is 0. The lowest BCUT2D eigenvalue weighted by atomic mass is 9.79. The number of nitrogens with zero attached hydrogens (tertiary/aromatic N) is 3. The van der Waals surface area contributed by atoms with Crippen molar-refractivity contribution >= 4 is 24.0 Å². The van der Waals surface area contributed by atoms with E-state index in [4.69, 9.17) is 9.47 Å². The summed E-state index contributed by atoms with van der Waals surface area (Å²) in [5, 5.41) is 5.82. The molecule has 1 atom stereocenters. The van der Waals surface area contributed by atoms with Gasteiger partial charge in [-0.1, -0.05) is 60.7 Å². The normalized spacial score (nSPS) is 20.3. The van der Waals surface area contributed by atoms with Crippen LogP contribution in [0.5, 0.6) is 0 Å². The number of rotatable bonds is 11. The fourth-order valence-electron chi connectivity index (χ4n) is 6.91. The van der Waals surface area contributed by atoms with Crippen molar-refractivity contribution in [2.45, 2.75) is 76.1 Å². The molecule has 2 N–H and O–H groups in total. The maximum absolute atomic E-state index is 14.2. The predicted molar refractivity (Wildman–Crippen MR) is 173 cm³/mol. The highest BCUT2D eigenvalue weighted by molar-refractivity contribution is 6.00. The molecule has 3 saturated heterocycles. The second-order valence-corrected chi connectivity index (χ2v) is 12.4.